The molecule has 0 atom stereocenters. The van der Waals surface area contributed by atoms with Crippen LogP contribution in [-0.2, 0) is 28.5 Å². The molecule has 3 aromatic carbocycles. The van der Waals surface area contributed by atoms with E-state index >= 15 is 0 Å². The summed E-state index contributed by atoms with van der Waals surface area (Å²) in [6.07, 6.45) is -0.425. The lowest BCUT2D eigenvalue weighted by molar-refractivity contribution is -0.149. The van der Waals surface area contributed by atoms with Crippen molar-refractivity contribution in [2.75, 3.05) is 39.6 Å². The van der Waals surface area contributed by atoms with Gasteiger partial charge in [0, 0.05) is 32.6 Å². The number of carbonyl (C=O) groups excluding carboxylic acids is 2. The number of ether oxygens (including phenoxy) is 4. The van der Waals surface area contributed by atoms with Gasteiger partial charge in [-0.05, 0) is 37.3 Å². The minimum Gasteiger partial charge on any atom is -0.481 e. The van der Waals surface area contributed by atoms with E-state index in [0.717, 1.165) is 38.2 Å². The van der Waals surface area contributed by atoms with Crippen LogP contribution < -0.4 is 0 Å². The molecule has 208 valence electrons. The highest BCUT2D eigenvalue weighted by atomic mass is 16.6. The molecule has 5 rings (SSSR count). The zero-order valence-corrected chi connectivity index (χ0v) is 22.1. The van der Waals surface area contributed by atoms with Crippen molar-refractivity contribution in [1.29, 1.82) is 0 Å². The van der Waals surface area contributed by atoms with Crippen LogP contribution in [0.5, 0.6) is 0 Å². The first-order valence-electron chi connectivity index (χ1n) is 13.1. The summed E-state index contributed by atoms with van der Waals surface area (Å²) in [5.74, 6) is -2.05. The second kappa shape index (κ2) is 12.2. The normalized spacial score (nSPS) is 11.5. The summed E-state index contributed by atoms with van der Waals surface area (Å²) < 4.78 is 20.9. The Morgan fingerprint density at radius 1 is 0.675 bits per heavy atom. The smallest absolute Gasteiger partial charge is 0.338 e. The number of nitrogens with one attached hydrogen (secondary N) is 2. The van der Waals surface area contributed by atoms with Crippen LogP contribution in [0, 0.1) is 6.92 Å². The van der Waals surface area contributed by atoms with Crippen molar-refractivity contribution in [2.24, 2.45) is 0 Å². The Kier molecular flexibility index (Phi) is 8.28. The largest absolute Gasteiger partial charge is 0.481 e. The SMILES string of the molecule is Cc1ccc2[nH]c3c(ccc4c5cc(C(=O)OCCOCCOCCOC(=O)CCC(=O)O)ccc5[nH]c43)c2c1. The summed E-state index contributed by atoms with van der Waals surface area (Å²) in [5, 5.41) is 12.8. The average molecular weight is 547 g/mol. The first-order chi connectivity index (χ1) is 19.4. The molecule has 0 aliphatic rings. The molecule has 2 aromatic heterocycles. The molecule has 0 fully saturated rings. The van der Waals surface area contributed by atoms with Crippen molar-refractivity contribution in [3.63, 3.8) is 0 Å². The fourth-order valence-electron chi connectivity index (χ4n) is 4.67. The third-order valence-corrected chi connectivity index (χ3v) is 6.60. The number of aryl methyl sites for hydroxylation is 1. The summed E-state index contributed by atoms with van der Waals surface area (Å²) in [6, 6.07) is 16.0. The van der Waals surface area contributed by atoms with E-state index in [0.29, 0.717) is 5.56 Å². The van der Waals surface area contributed by atoms with Gasteiger partial charge in [-0.25, -0.2) is 4.79 Å². The Bertz CT molecular complexity index is 1700. The van der Waals surface area contributed by atoms with E-state index in [1.54, 1.807) is 6.07 Å². The van der Waals surface area contributed by atoms with Crippen LogP contribution in [0.1, 0.15) is 28.8 Å². The number of fused-ring (bicyclic) bond motifs is 7. The Labute approximate surface area is 229 Å². The van der Waals surface area contributed by atoms with Crippen molar-refractivity contribution in [3.05, 3.63) is 59.7 Å². The van der Waals surface area contributed by atoms with Crippen molar-refractivity contribution < 1.29 is 38.4 Å². The van der Waals surface area contributed by atoms with Crippen molar-refractivity contribution in [1.82, 2.24) is 9.97 Å². The van der Waals surface area contributed by atoms with Gasteiger partial charge in [0.15, 0.2) is 0 Å². The standard InChI is InChI=1S/C30H30N2O8/c1-18-2-6-24-22(16-18)20-4-5-21-23-17-19(3-7-25(23)32-29(21)28(20)31-24)30(36)40-15-13-38-11-10-37-12-14-39-27(35)9-8-26(33)34/h2-7,16-17,31-32H,8-15H2,1H3,(H,33,34). The second-order valence-corrected chi connectivity index (χ2v) is 9.44. The molecule has 2 heterocycles. The summed E-state index contributed by atoms with van der Waals surface area (Å²) in [6.45, 7) is 3.19. The fraction of sp³-hybridized carbons (Fsp3) is 0.300. The molecule has 10 heteroatoms. The topological polar surface area (TPSA) is 140 Å². The molecule has 10 nitrogen and oxygen atoms in total. The van der Waals surface area contributed by atoms with E-state index in [1.165, 1.54) is 10.9 Å². The maximum Gasteiger partial charge on any atom is 0.338 e. The molecule has 0 radical (unpaired) electrons. The maximum atomic E-state index is 12.7. The van der Waals surface area contributed by atoms with E-state index in [-0.39, 0.29) is 52.5 Å². The Balaban J connectivity index is 1.09. The van der Waals surface area contributed by atoms with Gasteiger partial charge in [0.25, 0.3) is 0 Å². The number of benzene rings is 3. The van der Waals surface area contributed by atoms with Gasteiger partial charge < -0.3 is 34.0 Å². The number of carbonyl (C=O) groups is 3. The molecule has 0 aliphatic heterocycles. The van der Waals surface area contributed by atoms with Crippen molar-refractivity contribution in [2.45, 2.75) is 19.8 Å². The van der Waals surface area contributed by atoms with E-state index in [4.69, 9.17) is 24.1 Å². The highest BCUT2D eigenvalue weighted by Crippen LogP contribution is 2.35. The van der Waals surface area contributed by atoms with Gasteiger partial charge in [0.1, 0.15) is 13.2 Å². The highest BCUT2D eigenvalue weighted by molar-refractivity contribution is 6.22. The van der Waals surface area contributed by atoms with Crippen LogP contribution in [0.25, 0.3) is 43.6 Å². The summed E-state index contributed by atoms with van der Waals surface area (Å²) in [4.78, 5) is 41.4. The third kappa shape index (κ3) is 6.08. The van der Waals surface area contributed by atoms with Crippen LogP contribution in [0.15, 0.2) is 48.5 Å². The maximum absolute atomic E-state index is 12.7. The molecule has 0 amide bonds. The first-order valence-corrected chi connectivity index (χ1v) is 13.1. The number of H-pyrrole nitrogens is 2. The molecule has 3 N–H and O–H groups in total. The Morgan fingerprint density at radius 2 is 1.25 bits per heavy atom. The number of carboxylic acids is 1. The zero-order valence-electron chi connectivity index (χ0n) is 22.1. The van der Waals surface area contributed by atoms with Crippen LogP contribution in [0.3, 0.4) is 0 Å². The highest BCUT2D eigenvalue weighted by Gasteiger charge is 2.15. The summed E-state index contributed by atoms with van der Waals surface area (Å²) in [7, 11) is 0. The molecule has 0 saturated carbocycles. The van der Waals surface area contributed by atoms with Gasteiger partial charge in [-0.1, -0.05) is 23.8 Å². The quantitative estimate of drug-likeness (QED) is 0.140. The third-order valence-electron chi connectivity index (χ3n) is 6.60. The molecule has 0 spiro atoms. The average Bonchev–Trinajstić information content (AvgIpc) is 3.50. The first kappa shape index (κ1) is 27.2. The van der Waals surface area contributed by atoms with Gasteiger partial charge in [0.2, 0.25) is 0 Å². The summed E-state index contributed by atoms with van der Waals surface area (Å²) in [5.41, 5.74) is 5.73. The molecular weight excluding hydrogens is 516 g/mol. The van der Waals surface area contributed by atoms with Gasteiger partial charge in [-0.2, -0.15) is 0 Å². The van der Waals surface area contributed by atoms with Crippen LogP contribution >= 0.6 is 0 Å². The second-order valence-electron chi connectivity index (χ2n) is 9.44. The number of rotatable bonds is 13. The molecule has 5 aromatic rings. The van der Waals surface area contributed by atoms with Gasteiger partial charge in [-0.3, -0.25) is 9.59 Å². The van der Waals surface area contributed by atoms with E-state index < -0.39 is 17.9 Å². The fourth-order valence-corrected chi connectivity index (χ4v) is 4.67. The van der Waals surface area contributed by atoms with Crippen LogP contribution in [-0.4, -0.2) is 72.6 Å². The van der Waals surface area contributed by atoms with Crippen molar-refractivity contribution >= 4 is 61.5 Å². The predicted octanol–water partition coefficient (Wildman–Crippen LogP) is 4.86. The minimum atomic E-state index is -1.05. The predicted molar refractivity (Wildman–Crippen MR) is 150 cm³/mol. The monoisotopic (exact) mass is 546 g/mol. The molecule has 0 saturated heterocycles. The number of aromatic amines is 2. The minimum absolute atomic E-state index is 0.0448. The van der Waals surface area contributed by atoms with E-state index in [1.807, 2.05) is 12.1 Å². The molecular formula is C30H30N2O8. The summed E-state index contributed by atoms with van der Waals surface area (Å²) >= 11 is 0. The number of carboxylic acid groups (broad SMARTS) is 1. The van der Waals surface area contributed by atoms with Crippen LogP contribution in [0.2, 0.25) is 0 Å². The molecule has 40 heavy (non-hydrogen) atoms. The zero-order chi connectivity index (χ0) is 28.1. The van der Waals surface area contributed by atoms with Gasteiger partial charge >= 0.3 is 17.9 Å². The van der Waals surface area contributed by atoms with E-state index in [2.05, 4.69) is 47.2 Å². The number of aromatic nitrogens is 2. The number of hydrogen-bond donors (Lipinski definition) is 3. The van der Waals surface area contributed by atoms with Gasteiger partial charge in [0.05, 0.1) is 55.9 Å². The lowest BCUT2D eigenvalue weighted by Gasteiger charge is -2.08. The molecule has 0 aliphatic carbocycles. The number of aliphatic carboxylic acids is 1. The Hall–Kier alpha value is -4.41. The lowest BCUT2D eigenvalue weighted by Crippen LogP contribution is -2.15. The van der Waals surface area contributed by atoms with Crippen LogP contribution in [0.4, 0.5) is 0 Å². The van der Waals surface area contributed by atoms with Crippen molar-refractivity contribution in [3.8, 4) is 0 Å². The molecule has 0 bridgehead atoms. The number of hydrogen-bond acceptors (Lipinski definition) is 7. The Morgan fingerprint density at radius 3 is 1.90 bits per heavy atom. The van der Waals surface area contributed by atoms with Gasteiger partial charge in [-0.15, -0.1) is 0 Å². The number of esters is 2. The van der Waals surface area contributed by atoms with E-state index in [9.17, 15) is 14.4 Å². The lowest BCUT2D eigenvalue weighted by atomic mass is 10.1. The molecule has 0 unspecified atom stereocenters.